The number of carbonyl (C=O) groups is 1. The Morgan fingerprint density at radius 2 is 2.27 bits per heavy atom. The number of aromatic nitrogens is 1. The van der Waals surface area contributed by atoms with Gasteiger partial charge in [0.15, 0.2) is 0 Å². The number of furan rings is 1. The summed E-state index contributed by atoms with van der Waals surface area (Å²) in [7, 11) is 0. The van der Waals surface area contributed by atoms with Crippen LogP contribution in [0, 0.1) is 0 Å². The molecule has 0 aliphatic carbocycles. The fraction of sp³-hybridized carbons (Fsp3) is 0.500. The molecular weight excluding hydrogens is 300 g/mol. The summed E-state index contributed by atoms with van der Waals surface area (Å²) < 4.78 is 10.8. The van der Waals surface area contributed by atoms with Crippen LogP contribution in [-0.4, -0.2) is 35.5 Å². The van der Waals surface area contributed by atoms with Gasteiger partial charge >= 0.3 is 0 Å². The van der Waals surface area contributed by atoms with Gasteiger partial charge in [-0.2, -0.15) is 0 Å². The summed E-state index contributed by atoms with van der Waals surface area (Å²) in [5.41, 5.74) is 1.67. The third-order valence-electron chi connectivity index (χ3n) is 3.69. The molecule has 0 N–H and O–H groups in total. The summed E-state index contributed by atoms with van der Waals surface area (Å²) in [6.45, 7) is 8.07. The van der Waals surface area contributed by atoms with Crippen LogP contribution in [0.1, 0.15) is 47.9 Å². The van der Waals surface area contributed by atoms with Crippen molar-refractivity contribution in [3.8, 4) is 0 Å². The maximum atomic E-state index is 12.4. The summed E-state index contributed by atoms with van der Waals surface area (Å²) in [6, 6.07) is 1.69. The zero-order valence-corrected chi connectivity index (χ0v) is 13.9. The van der Waals surface area contributed by atoms with Gasteiger partial charge in [0.05, 0.1) is 30.7 Å². The van der Waals surface area contributed by atoms with E-state index < -0.39 is 0 Å². The lowest BCUT2D eigenvalue weighted by atomic mass is 9.93. The van der Waals surface area contributed by atoms with E-state index in [1.165, 1.54) is 12.5 Å². The van der Waals surface area contributed by atoms with Crippen LogP contribution < -0.4 is 0 Å². The summed E-state index contributed by atoms with van der Waals surface area (Å²) in [5.74, 6) is -0.0188. The predicted molar refractivity (Wildman–Crippen MR) is 84.1 cm³/mol. The first-order valence-electron chi connectivity index (χ1n) is 7.34. The standard InChI is InChI=1S/C16H20N2O3S/c1-16(2,3)13-10-22-14(17-13)12-8-18(5-7-21-12)15(19)11-4-6-20-9-11/h4,6,9-10,12H,5,7-8H2,1-3H3/t12-/m1/s1. The molecular formula is C16H20N2O3S. The van der Waals surface area contributed by atoms with Crippen LogP contribution in [0.2, 0.25) is 0 Å². The van der Waals surface area contributed by atoms with Gasteiger partial charge in [-0.15, -0.1) is 11.3 Å². The molecule has 0 spiro atoms. The van der Waals surface area contributed by atoms with Gasteiger partial charge in [-0.25, -0.2) is 4.98 Å². The highest BCUT2D eigenvalue weighted by atomic mass is 32.1. The van der Waals surface area contributed by atoms with Gasteiger partial charge in [-0.1, -0.05) is 20.8 Å². The molecule has 22 heavy (non-hydrogen) atoms. The lowest BCUT2D eigenvalue weighted by molar-refractivity contribution is -0.0230. The summed E-state index contributed by atoms with van der Waals surface area (Å²) in [4.78, 5) is 18.9. The Morgan fingerprint density at radius 1 is 1.45 bits per heavy atom. The molecule has 1 saturated heterocycles. The van der Waals surface area contributed by atoms with Gasteiger partial charge in [0.2, 0.25) is 0 Å². The number of morpholine rings is 1. The van der Waals surface area contributed by atoms with Crippen LogP contribution in [0.5, 0.6) is 0 Å². The van der Waals surface area contributed by atoms with E-state index >= 15 is 0 Å². The SMILES string of the molecule is CC(C)(C)c1csc([C@H]2CN(C(=O)c3ccoc3)CCO2)n1. The highest BCUT2D eigenvalue weighted by Gasteiger charge is 2.29. The molecule has 3 rings (SSSR count). The second-order valence-corrected chi connectivity index (χ2v) is 7.33. The zero-order chi connectivity index (χ0) is 15.7. The molecule has 2 aromatic rings. The van der Waals surface area contributed by atoms with Gasteiger partial charge in [0.25, 0.3) is 5.91 Å². The summed E-state index contributed by atoms with van der Waals surface area (Å²) in [5, 5.41) is 3.02. The molecule has 1 atom stereocenters. The van der Waals surface area contributed by atoms with Crippen LogP contribution in [0.25, 0.3) is 0 Å². The van der Waals surface area contributed by atoms with E-state index in [0.29, 0.717) is 25.3 Å². The van der Waals surface area contributed by atoms with Crippen molar-refractivity contribution in [1.82, 2.24) is 9.88 Å². The minimum absolute atomic E-state index is 0.0188. The molecule has 1 amide bonds. The topological polar surface area (TPSA) is 55.6 Å². The number of rotatable bonds is 2. The molecule has 6 heteroatoms. The lowest BCUT2D eigenvalue weighted by Crippen LogP contribution is -2.42. The van der Waals surface area contributed by atoms with Crippen LogP contribution in [-0.2, 0) is 10.2 Å². The van der Waals surface area contributed by atoms with Gasteiger partial charge < -0.3 is 14.1 Å². The second kappa shape index (κ2) is 5.85. The molecule has 5 nitrogen and oxygen atoms in total. The number of carbonyl (C=O) groups excluding carboxylic acids is 1. The summed E-state index contributed by atoms with van der Waals surface area (Å²) in [6.07, 6.45) is 2.85. The third-order valence-corrected chi connectivity index (χ3v) is 4.62. The molecule has 0 saturated carbocycles. The molecule has 1 fully saturated rings. The number of ether oxygens (including phenoxy) is 1. The molecule has 0 bridgehead atoms. The number of nitrogens with zero attached hydrogens (tertiary/aromatic N) is 2. The van der Waals surface area contributed by atoms with E-state index in [-0.39, 0.29) is 17.4 Å². The molecule has 0 radical (unpaired) electrons. The zero-order valence-electron chi connectivity index (χ0n) is 13.0. The first-order valence-corrected chi connectivity index (χ1v) is 8.22. The molecule has 0 aromatic carbocycles. The van der Waals surface area contributed by atoms with Crippen molar-refractivity contribution in [1.29, 1.82) is 0 Å². The molecule has 118 valence electrons. The largest absolute Gasteiger partial charge is 0.472 e. The fourth-order valence-electron chi connectivity index (χ4n) is 2.33. The van der Waals surface area contributed by atoms with Crippen LogP contribution in [0.15, 0.2) is 28.4 Å². The first kappa shape index (κ1) is 15.2. The number of amides is 1. The third kappa shape index (κ3) is 3.08. The maximum absolute atomic E-state index is 12.4. The normalized spacial score (nSPS) is 19.4. The smallest absolute Gasteiger partial charge is 0.257 e. The van der Waals surface area contributed by atoms with Gasteiger partial charge in [-0.05, 0) is 6.07 Å². The van der Waals surface area contributed by atoms with Crippen LogP contribution >= 0.6 is 11.3 Å². The summed E-state index contributed by atoms with van der Waals surface area (Å²) >= 11 is 1.60. The number of thiazole rings is 1. The fourth-order valence-corrected chi connectivity index (χ4v) is 3.42. The Hall–Kier alpha value is -1.66. The van der Waals surface area contributed by atoms with Crippen molar-refractivity contribution in [3.63, 3.8) is 0 Å². The van der Waals surface area contributed by atoms with Crippen molar-refractivity contribution in [2.24, 2.45) is 0 Å². The van der Waals surface area contributed by atoms with Crippen molar-refractivity contribution < 1.29 is 13.9 Å². The number of hydrogen-bond donors (Lipinski definition) is 0. The van der Waals surface area contributed by atoms with Crippen molar-refractivity contribution in [2.45, 2.75) is 32.3 Å². The van der Waals surface area contributed by atoms with Gasteiger partial charge in [0, 0.05) is 17.3 Å². The number of hydrogen-bond acceptors (Lipinski definition) is 5. The van der Waals surface area contributed by atoms with E-state index in [1.807, 2.05) is 0 Å². The molecule has 3 heterocycles. The minimum Gasteiger partial charge on any atom is -0.472 e. The first-order chi connectivity index (χ1) is 10.4. The average molecular weight is 320 g/mol. The monoisotopic (exact) mass is 320 g/mol. The molecule has 1 aliphatic heterocycles. The lowest BCUT2D eigenvalue weighted by Gasteiger charge is -2.31. The van der Waals surface area contributed by atoms with Gasteiger partial charge in [0.1, 0.15) is 17.4 Å². The van der Waals surface area contributed by atoms with Crippen LogP contribution in [0.3, 0.4) is 0 Å². The maximum Gasteiger partial charge on any atom is 0.257 e. The van der Waals surface area contributed by atoms with Gasteiger partial charge in [-0.3, -0.25) is 4.79 Å². The van der Waals surface area contributed by atoms with E-state index in [2.05, 4.69) is 26.2 Å². The van der Waals surface area contributed by atoms with Crippen molar-refractivity contribution in [3.05, 3.63) is 40.2 Å². The Labute approximate surface area is 133 Å². The Balaban J connectivity index is 1.73. The minimum atomic E-state index is -0.147. The Morgan fingerprint density at radius 3 is 2.91 bits per heavy atom. The molecule has 2 aromatic heterocycles. The predicted octanol–water partition coefficient (Wildman–Crippen LogP) is 3.25. The van der Waals surface area contributed by atoms with E-state index in [4.69, 9.17) is 14.1 Å². The average Bonchev–Trinajstić information content (AvgIpc) is 3.17. The van der Waals surface area contributed by atoms with E-state index in [0.717, 1.165) is 10.7 Å². The molecule has 0 unspecified atom stereocenters. The Kier molecular flexibility index (Phi) is 4.06. The second-order valence-electron chi connectivity index (χ2n) is 6.44. The quantitative estimate of drug-likeness (QED) is 0.852. The Bertz CT molecular complexity index is 643. The molecule has 1 aliphatic rings. The van der Waals surface area contributed by atoms with Crippen molar-refractivity contribution in [2.75, 3.05) is 19.7 Å². The van der Waals surface area contributed by atoms with E-state index in [9.17, 15) is 4.79 Å². The van der Waals surface area contributed by atoms with Crippen molar-refractivity contribution >= 4 is 17.2 Å². The van der Waals surface area contributed by atoms with E-state index in [1.54, 1.807) is 22.3 Å². The highest BCUT2D eigenvalue weighted by molar-refractivity contribution is 7.09. The highest BCUT2D eigenvalue weighted by Crippen LogP contribution is 2.30. The van der Waals surface area contributed by atoms with Crippen LogP contribution in [0.4, 0.5) is 0 Å².